The van der Waals surface area contributed by atoms with Crippen molar-refractivity contribution < 1.29 is 15.0 Å². The van der Waals surface area contributed by atoms with E-state index < -0.39 is 18.2 Å². The van der Waals surface area contributed by atoms with E-state index in [1.54, 1.807) is 0 Å². The zero-order valence-electron chi connectivity index (χ0n) is 8.18. The van der Waals surface area contributed by atoms with Gasteiger partial charge >= 0.3 is 6.09 Å². The number of carboxylic acid groups (broad SMARTS) is 1. The van der Waals surface area contributed by atoms with Crippen LogP contribution >= 0.6 is 0 Å². The van der Waals surface area contributed by atoms with Gasteiger partial charge in [-0.3, -0.25) is 0 Å². The summed E-state index contributed by atoms with van der Waals surface area (Å²) in [5.74, 6) is 0. The van der Waals surface area contributed by atoms with Crippen LogP contribution in [0.4, 0.5) is 4.79 Å². The molecule has 0 radical (unpaired) electrons. The molecule has 0 unspecified atom stereocenters. The third-order valence-electron chi connectivity index (χ3n) is 2.76. The average molecular weight is 207 g/mol. The highest BCUT2D eigenvalue weighted by atomic mass is 16.4. The second kappa shape index (κ2) is 3.90. The molecule has 4 heteroatoms. The molecule has 0 aliphatic heterocycles. The number of amides is 1. The Bertz CT molecular complexity index is 378. The number of hydrogen-bond acceptors (Lipinski definition) is 2. The third kappa shape index (κ3) is 1.94. The number of aliphatic hydroxyl groups excluding tert-OH is 1. The van der Waals surface area contributed by atoms with Crippen molar-refractivity contribution in [1.82, 2.24) is 5.32 Å². The number of hydrogen-bond donors (Lipinski definition) is 3. The number of carbonyl (C=O) groups is 1. The van der Waals surface area contributed by atoms with Gasteiger partial charge in [-0.2, -0.15) is 0 Å². The van der Waals surface area contributed by atoms with E-state index in [2.05, 4.69) is 5.32 Å². The van der Waals surface area contributed by atoms with Crippen LogP contribution in [0.3, 0.4) is 0 Å². The Kier molecular flexibility index (Phi) is 2.60. The molecule has 80 valence electrons. The SMILES string of the molecule is O=C(O)N[C@H]1c2ccccc2CC[C@H]1O. The molecule has 0 saturated carbocycles. The molecule has 1 amide bonds. The molecule has 0 fully saturated rings. The number of rotatable bonds is 1. The maximum Gasteiger partial charge on any atom is 0.405 e. The van der Waals surface area contributed by atoms with Crippen molar-refractivity contribution >= 4 is 6.09 Å². The fourth-order valence-corrected chi connectivity index (χ4v) is 2.05. The molecule has 1 aliphatic carbocycles. The van der Waals surface area contributed by atoms with E-state index in [-0.39, 0.29) is 0 Å². The lowest BCUT2D eigenvalue weighted by molar-refractivity contribution is 0.105. The summed E-state index contributed by atoms with van der Waals surface area (Å²) in [7, 11) is 0. The summed E-state index contributed by atoms with van der Waals surface area (Å²) < 4.78 is 0. The molecular formula is C11H13NO3. The van der Waals surface area contributed by atoms with Crippen molar-refractivity contribution in [2.45, 2.75) is 25.0 Å². The van der Waals surface area contributed by atoms with Crippen LogP contribution in [0.25, 0.3) is 0 Å². The summed E-state index contributed by atoms with van der Waals surface area (Å²) in [5, 5.41) is 20.8. The molecule has 4 nitrogen and oxygen atoms in total. The largest absolute Gasteiger partial charge is 0.465 e. The van der Waals surface area contributed by atoms with Gasteiger partial charge in [-0.25, -0.2) is 4.79 Å². The summed E-state index contributed by atoms with van der Waals surface area (Å²) in [6.45, 7) is 0. The lowest BCUT2D eigenvalue weighted by Crippen LogP contribution is -2.38. The van der Waals surface area contributed by atoms with Gasteiger partial charge in [0, 0.05) is 0 Å². The van der Waals surface area contributed by atoms with Gasteiger partial charge in [0.05, 0.1) is 12.1 Å². The van der Waals surface area contributed by atoms with Crippen molar-refractivity contribution in [2.24, 2.45) is 0 Å². The van der Waals surface area contributed by atoms with Crippen molar-refractivity contribution in [3.8, 4) is 0 Å². The second-order valence-corrected chi connectivity index (χ2v) is 3.73. The van der Waals surface area contributed by atoms with E-state index in [0.717, 1.165) is 17.5 Å². The van der Waals surface area contributed by atoms with E-state index >= 15 is 0 Å². The quantitative estimate of drug-likeness (QED) is 0.650. The highest BCUT2D eigenvalue weighted by Crippen LogP contribution is 2.29. The highest BCUT2D eigenvalue weighted by Gasteiger charge is 2.28. The van der Waals surface area contributed by atoms with Crippen LogP contribution in [-0.4, -0.2) is 22.4 Å². The molecule has 1 aromatic carbocycles. The van der Waals surface area contributed by atoms with Gasteiger partial charge in [0.15, 0.2) is 0 Å². The first kappa shape index (κ1) is 9.98. The van der Waals surface area contributed by atoms with Crippen molar-refractivity contribution in [3.05, 3.63) is 35.4 Å². The van der Waals surface area contributed by atoms with Gasteiger partial charge in [-0.15, -0.1) is 0 Å². The van der Waals surface area contributed by atoms with Crippen LogP contribution in [0.15, 0.2) is 24.3 Å². The van der Waals surface area contributed by atoms with Crippen LogP contribution in [0, 0.1) is 0 Å². The van der Waals surface area contributed by atoms with Gasteiger partial charge in [0.1, 0.15) is 0 Å². The third-order valence-corrected chi connectivity index (χ3v) is 2.76. The highest BCUT2D eigenvalue weighted by molar-refractivity contribution is 5.65. The van der Waals surface area contributed by atoms with Crippen molar-refractivity contribution in [1.29, 1.82) is 0 Å². The molecular weight excluding hydrogens is 194 g/mol. The maximum absolute atomic E-state index is 10.6. The standard InChI is InChI=1S/C11H13NO3/c13-9-6-5-7-3-1-2-4-8(7)10(9)12-11(14)15/h1-4,9-10,12-13H,5-6H2,(H,14,15)/t9-,10+/m1/s1. The van der Waals surface area contributed by atoms with E-state index in [9.17, 15) is 9.90 Å². The molecule has 2 atom stereocenters. The zero-order valence-corrected chi connectivity index (χ0v) is 8.18. The average Bonchev–Trinajstić information content (AvgIpc) is 2.22. The maximum atomic E-state index is 10.6. The normalized spacial score (nSPS) is 24.3. The monoisotopic (exact) mass is 207 g/mol. The van der Waals surface area contributed by atoms with E-state index in [1.807, 2.05) is 24.3 Å². The van der Waals surface area contributed by atoms with Crippen LogP contribution in [0.1, 0.15) is 23.6 Å². The Balaban J connectivity index is 2.32. The van der Waals surface area contributed by atoms with Crippen LogP contribution in [-0.2, 0) is 6.42 Å². The van der Waals surface area contributed by atoms with Crippen molar-refractivity contribution in [3.63, 3.8) is 0 Å². The summed E-state index contributed by atoms with van der Waals surface area (Å²) >= 11 is 0. The van der Waals surface area contributed by atoms with E-state index in [4.69, 9.17) is 5.11 Å². The fourth-order valence-electron chi connectivity index (χ4n) is 2.05. The van der Waals surface area contributed by atoms with Crippen LogP contribution < -0.4 is 5.32 Å². The van der Waals surface area contributed by atoms with Gasteiger partial charge in [-0.1, -0.05) is 24.3 Å². The molecule has 3 N–H and O–H groups in total. The lowest BCUT2D eigenvalue weighted by atomic mass is 9.86. The number of fused-ring (bicyclic) bond motifs is 1. The molecule has 1 aliphatic rings. The zero-order chi connectivity index (χ0) is 10.8. The molecule has 1 aromatic rings. The minimum absolute atomic E-state index is 0.493. The van der Waals surface area contributed by atoms with Gasteiger partial charge in [0.25, 0.3) is 0 Å². The Morgan fingerprint density at radius 3 is 2.87 bits per heavy atom. The predicted octanol–water partition coefficient (Wildman–Crippen LogP) is 1.30. The minimum Gasteiger partial charge on any atom is -0.465 e. The smallest absolute Gasteiger partial charge is 0.405 e. The lowest BCUT2D eigenvalue weighted by Gasteiger charge is -2.29. The number of aryl methyl sites for hydroxylation is 1. The topological polar surface area (TPSA) is 69.6 Å². The van der Waals surface area contributed by atoms with Crippen LogP contribution in [0.2, 0.25) is 0 Å². The Labute approximate surface area is 87.6 Å². The number of nitrogens with one attached hydrogen (secondary N) is 1. The fraction of sp³-hybridized carbons (Fsp3) is 0.364. The molecule has 15 heavy (non-hydrogen) atoms. The second-order valence-electron chi connectivity index (χ2n) is 3.73. The van der Waals surface area contributed by atoms with Crippen LogP contribution in [0.5, 0.6) is 0 Å². The molecule has 0 aromatic heterocycles. The Hall–Kier alpha value is -1.55. The van der Waals surface area contributed by atoms with Gasteiger partial charge in [-0.05, 0) is 24.0 Å². The Morgan fingerprint density at radius 1 is 1.40 bits per heavy atom. The first-order valence-electron chi connectivity index (χ1n) is 4.94. The predicted molar refractivity (Wildman–Crippen MR) is 54.7 cm³/mol. The summed E-state index contributed by atoms with van der Waals surface area (Å²) in [5.41, 5.74) is 2.00. The molecule has 0 heterocycles. The summed E-state index contributed by atoms with van der Waals surface area (Å²) in [4.78, 5) is 10.6. The van der Waals surface area contributed by atoms with E-state index in [1.165, 1.54) is 0 Å². The molecule has 0 saturated heterocycles. The first-order valence-corrected chi connectivity index (χ1v) is 4.94. The summed E-state index contributed by atoms with van der Waals surface area (Å²) in [6.07, 6.45) is -0.330. The minimum atomic E-state index is -1.10. The first-order chi connectivity index (χ1) is 7.18. The molecule has 0 spiro atoms. The van der Waals surface area contributed by atoms with Gasteiger partial charge in [0.2, 0.25) is 0 Å². The molecule has 2 rings (SSSR count). The van der Waals surface area contributed by atoms with Crippen molar-refractivity contribution in [2.75, 3.05) is 0 Å². The Morgan fingerprint density at radius 2 is 2.13 bits per heavy atom. The molecule has 0 bridgehead atoms. The number of aliphatic hydroxyl groups is 1. The number of benzene rings is 1. The van der Waals surface area contributed by atoms with E-state index in [0.29, 0.717) is 6.42 Å². The summed E-state index contributed by atoms with van der Waals surface area (Å²) in [6, 6.07) is 7.12. The van der Waals surface area contributed by atoms with Gasteiger partial charge < -0.3 is 15.5 Å².